The molecule has 0 fully saturated rings. The van der Waals surface area contributed by atoms with E-state index in [1.807, 2.05) is 0 Å². The standard InChI is InChI=1S/C10H9N7O2/c1-11-6-2-5(16-17-6)10(18)19-9-7-8(13-3-12-7)14-4-15-9/h2-4H,1H3,(H2,11,16,17)(H,12,13,14,15). The lowest BCUT2D eigenvalue weighted by Crippen LogP contribution is -2.10. The van der Waals surface area contributed by atoms with Crippen LogP contribution in [0, 0.1) is 0 Å². The molecule has 9 heteroatoms. The Hall–Kier alpha value is -2.97. The predicted molar refractivity (Wildman–Crippen MR) is 64.8 cm³/mol. The predicted octanol–water partition coefficient (Wildman–Crippen LogP) is 0.337. The molecule has 0 bridgehead atoms. The number of H-pyrrole nitrogens is 2. The zero-order chi connectivity index (χ0) is 13.2. The molecule has 96 valence electrons. The van der Waals surface area contributed by atoms with Gasteiger partial charge in [0, 0.05) is 13.1 Å². The molecule has 3 N–H and O–H groups in total. The van der Waals surface area contributed by atoms with Crippen LogP contribution in [0.25, 0.3) is 11.2 Å². The Kier molecular flexibility index (Phi) is 2.56. The molecular weight excluding hydrogens is 250 g/mol. The number of aromatic amines is 2. The lowest BCUT2D eigenvalue weighted by molar-refractivity contribution is 0.0723. The Balaban J connectivity index is 1.88. The molecule has 9 nitrogen and oxygen atoms in total. The van der Waals surface area contributed by atoms with Crippen molar-refractivity contribution >= 4 is 23.0 Å². The van der Waals surface area contributed by atoms with Crippen molar-refractivity contribution in [3.05, 3.63) is 24.4 Å². The first-order valence-electron chi connectivity index (χ1n) is 5.37. The van der Waals surface area contributed by atoms with Crippen LogP contribution in [0.1, 0.15) is 10.5 Å². The van der Waals surface area contributed by atoms with E-state index in [1.54, 1.807) is 7.05 Å². The number of esters is 1. The molecule has 0 saturated carbocycles. The van der Waals surface area contributed by atoms with Crippen LogP contribution in [0.4, 0.5) is 5.82 Å². The molecule has 0 amide bonds. The number of hydrogen-bond acceptors (Lipinski definition) is 7. The highest BCUT2D eigenvalue weighted by Crippen LogP contribution is 2.18. The summed E-state index contributed by atoms with van der Waals surface area (Å²) in [6, 6.07) is 1.54. The molecule has 3 rings (SSSR count). The summed E-state index contributed by atoms with van der Waals surface area (Å²) in [4.78, 5) is 26.5. The average molecular weight is 259 g/mol. The topological polar surface area (TPSA) is 121 Å². The smallest absolute Gasteiger partial charge is 0.363 e. The van der Waals surface area contributed by atoms with E-state index in [0.29, 0.717) is 17.0 Å². The number of anilines is 1. The second-order valence-electron chi connectivity index (χ2n) is 3.59. The molecule has 0 radical (unpaired) electrons. The zero-order valence-electron chi connectivity index (χ0n) is 9.84. The van der Waals surface area contributed by atoms with Gasteiger partial charge in [0.15, 0.2) is 5.65 Å². The molecule has 19 heavy (non-hydrogen) atoms. The Morgan fingerprint density at radius 3 is 3.05 bits per heavy atom. The van der Waals surface area contributed by atoms with Crippen molar-refractivity contribution < 1.29 is 9.53 Å². The third kappa shape index (κ3) is 1.97. The molecule has 3 aromatic heterocycles. The van der Waals surface area contributed by atoms with Crippen molar-refractivity contribution in [3.8, 4) is 5.88 Å². The van der Waals surface area contributed by atoms with E-state index in [9.17, 15) is 4.79 Å². The van der Waals surface area contributed by atoms with Crippen molar-refractivity contribution in [2.24, 2.45) is 0 Å². The summed E-state index contributed by atoms with van der Waals surface area (Å²) in [6.07, 6.45) is 2.73. The average Bonchev–Trinajstić information content (AvgIpc) is 3.08. The maximum atomic E-state index is 11.9. The molecule has 0 atom stereocenters. The lowest BCUT2D eigenvalue weighted by Gasteiger charge is -2.01. The van der Waals surface area contributed by atoms with Crippen LogP contribution in [0.2, 0.25) is 0 Å². The number of nitrogens with zero attached hydrogens (tertiary/aromatic N) is 4. The van der Waals surface area contributed by atoms with Crippen molar-refractivity contribution in [1.29, 1.82) is 0 Å². The summed E-state index contributed by atoms with van der Waals surface area (Å²) in [5.41, 5.74) is 1.11. The van der Waals surface area contributed by atoms with Gasteiger partial charge in [0.25, 0.3) is 5.88 Å². The first-order chi connectivity index (χ1) is 9.28. The number of imidazole rings is 1. The minimum Gasteiger partial charge on any atom is -0.400 e. The third-order valence-electron chi connectivity index (χ3n) is 2.43. The maximum absolute atomic E-state index is 11.9. The Morgan fingerprint density at radius 2 is 2.26 bits per heavy atom. The van der Waals surface area contributed by atoms with Crippen molar-refractivity contribution in [1.82, 2.24) is 30.1 Å². The number of carbonyl (C=O) groups excluding carboxylic acids is 1. The van der Waals surface area contributed by atoms with Crippen LogP contribution in [0.3, 0.4) is 0 Å². The van der Waals surface area contributed by atoms with E-state index in [0.717, 1.165) is 0 Å². The Morgan fingerprint density at radius 1 is 1.37 bits per heavy atom. The van der Waals surface area contributed by atoms with Gasteiger partial charge in [-0.25, -0.2) is 14.8 Å². The summed E-state index contributed by atoms with van der Waals surface area (Å²) < 4.78 is 5.17. The van der Waals surface area contributed by atoms with E-state index in [4.69, 9.17) is 4.74 Å². The normalized spacial score (nSPS) is 10.6. The molecule has 3 aromatic rings. The van der Waals surface area contributed by atoms with E-state index >= 15 is 0 Å². The first kappa shape index (κ1) is 11.1. The van der Waals surface area contributed by atoms with Gasteiger partial charge < -0.3 is 15.0 Å². The molecule has 0 aliphatic heterocycles. The highest BCUT2D eigenvalue weighted by molar-refractivity contribution is 5.91. The summed E-state index contributed by atoms with van der Waals surface area (Å²) in [7, 11) is 1.70. The molecule has 0 saturated heterocycles. The molecule has 0 aromatic carbocycles. The van der Waals surface area contributed by atoms with Gasteiger partial charge >= 0.3 is 5.97 Å². The van der Waals surface area contributed by atoms with E-state index in [1.165, 1.54) is 18.7 Å². The molecule has 0 aliphatic carbocycles. The van der Waals surface area contributed by atoms with Gasteiger partial charge in [-0.1, -0.05) is 0 Å². The van der Waals surface area contributed by atoms with Crippen LogP contribution < -0.4 is 10.1 Å². The fourth-order valence-electron chi connectivity index (χ4n) is 1.52. The van der Waals surface area contributed by atoms with Gasteiger partial charge in [0.2, 0.25) is 0 Å². The molecule has 3 heterocycles. The number of hydrogen-bond donors (Lipinski definition) is 3. The van der Waals surface area contributed by atoms with Crippen LogP contribution in [0.5, 0.6) is 5.88 Å². The summed E-state index contributed by atoms with van der Waals surface area (Å²) >= 11 is 0. The molecular formula is C10H9N7O2. The zero-order valence-corrected chi connectivity index (χ0v) is 9.84. The van der Waals surface area contributed by atoms with Crippen molar-refractivity contribution in [2.75, 3.05) is 12.4 Å². The highest BCUT2D eigenvalue weighted by Gasteiger charge is 2.15. The van der Waals surface area contributed by atoms with E-state index in [-0.39, 0.29) is 11.6 Å². The van der Waals surface area contributed by atoms with Crippen LogP contribution in [-0.2, 0) is 0 Å². The monoisotopic (exact) mass is 259 g/mol. The largest absolute Gasteiger partial charge is 0.400 e. The fourth-order valence-corrected chi connectivity index (χ4v) is 1.52. The van der Waals surface area contributed by atoms with Gasteiger partial charge in [-0.3, -0.25) is 5.10 Å². The number of rotatable bonds is 3. The van der Waals surface area contributed by atoms with Gasteiger partial charge in [-0.05, 0) is 0 Å². The van der Waals surface area contributed by atoms with Crippen LogP contribution >= 0.6 is 0 Å². The molecule has 0 spiro atoms. The van der Waals surface area contributed by atoms with Gasteiger partial charge in [0.05, 0.1) is 6.33 Å². The van der Waals surface area contributed by atoms with E-state index < -0.39 is 5.97 Å². The van der Waals surface area contributed by atoms with E-state index in [2.05, 4.69) is 35.5 Å². The SMILES string of the molecule is CNc1cc(C(=O)Oc2ncnc3nc[nH]c23)[nH]n1. The Bertz CT molecular complexity index is 732. The molecule has 0 unspecified atom stereocenters. The number of aromatic nitrogens is 6. The minimum atomic E-state index is -0.594. The molecule has 0 aliphatic rings. The lowest BCUT2D eigenvalue weighted by atomic mass is 10.4. The quantitative estimate of drug-likeness (QED) is 0.579. The first-order valence-corrected chi connectivity index (χ1v) is 5.37. The number of fused-ring (bicyclic) bond motifs is 1. The van der Waals surface area contributed by atoms with Gasteiger partial charge in [-0.2, -0.15) is 10.1 Å². The minimum absolute atomic E-state index is 0.119. The number of nitrogens with one attached hydrogen (secondary N) is 3. The van der Waals surface area contributed by atoms with Crippen LogP contribution in [-0.4, -0.2) is 43.2 Å². The summed E-state index contributed by atoms with van der Waals surface area (Å²) in [5.74, 6) is 0.0676. The summed E-state index contributed by atoms with van der Waals surface area (Å²) in [6.45, 7) is 0. The Labute approximate surface area is 106 Å². The maximum Gasteiger partial charge on any atom is 0.363 e. The number of ether oxygens (including phenoxy) is 1. The summed E-state index contributed by atoms with van der Waals surface area (Å²) in [5, 5.41) is 9.22. The fraction of sp³-hybridized carbons (Fsp3) is 0.100. The number of carbonyl (C=O) groups is 1. The van der Waals surface area contributed by atoms with Crippen molar-refractivity contribution in [3.63, 3.8) is 0 Å². The second kappa shape index (κ2) is 4.37. The third-order valence-corrected chi connectivity index (χ3v) is 2.43. The highest BCUT2D eigenvalue weighted by atomic mass is 16.5. The van der Waals surface area contributed by atoms with Crippen LogP contribution in [0.15, 0.2) is 18.7 Å². The van der Waals surface area contributed by atoms with Crippen molar-refractivity contribution in [2.45, 2.75) is 0 Å². The van der Waals surface area contributed by atoms with Gasteiger partial charge in [-0.15, -0.1) is 0 Å². The van der Waals surface area contributed by atoms with Gasteiger partial charge in [0.1, 0.15) is 23.4 Å². The second-order valence-corrected chi connectivity index (χ2v) is 3.59.